The van der Waals surface area contributed by atoms with Gasteiger partial charge < -0.3 is 10.3 Å². The number of pyridine rings is 3. The number of amides is 1. The van der Waals surface area contributed by atoms with Gasteiger partial charge in [-0.15, -0.1) is 22.7 Å². The second kappa shape index (κ2) is 17.3. The Bertz CT molecular complexity index is 4060. The number of carbonyl (C=O) groups excluding carboxylic acids is 1. The predicted octanol–water partition coefficient (Wildman–Crippen LogP) is 9.18. The number of benzene rings is 2. The molecule has 348 valence electrons. The van der Waals surface area contributed by atoms with Gasteiger partial charge >= 0.3 is 11.4 Å². The Morgan fingerprint density at radius 3 is 2.37 bits per heavy atom. The number of aromatic nitrogens is 9. The monoisotopic (exact) mass is 1000 g/mol. The average Bonchev–Trinajstić information content (AvgIpc) is 4.25. The number of carbonyl (C=O) groups is 1. The van der Waals surface area contributed by atoms with E-state index in [1.807, 2.05) is 55.6 Å². The molecule has 2 N–H and O–H groups in total. The first-order valence-electron chi connectivity index (χ1n) is 22.6. The van der Waals surface area contributed by atoms with Crippen LogP contribution in [0.15, 0.2) is 123 Å². The maximum absolute atomic E-state index is 14.4. The van der Waals surface area contributed by atoms with Gasteiger partial charge in [0.15, 0.2) is 5.65 Å². The predicted molar refractivity (Wildman–Crippen MR) is 273 cm³/mol. The summed E-state index contributed by atoms with van der Waals surface area (Å²) in [5, 5.41) is 8.29. The molecule has 0 atom stereocenters. The third kappa shape index (κ3) is 7.78. The van der Waals surface area contributed by atoms with E-state index < -0.39 is 22.5 Å². The normalized spacial score (nSPS) is 13.8. The Morgan fingerprint density at radius 2 is 1.56 bits per heavy atom. The fraction of sp³-hybridized carbons (Fsp3) is 0.196. The summed E-state index contributed by atoms with van der Waals surface area (Å²) in [6, 6.07) is 22.1. The number of H-pyrrole nitrogens is 1. The number of aryl methyl sites for hydroxylation is 2. The van der Waals surface area contributed by atoms with Crippen molar-refractivity contribution in [2.24, 2.45) is 0 Å². The van der Waals surface area contributed by atoms with Crippen LogP contribution in [0, 0.1) is 6.92 Å². The Hall–Kier alpha value is -7.31. The maximum atomic E-state index is 14.4. The standard InChI is InChI=1S/C51H38Cl2N10O5S2/c1-26-15-30(24-61-47(26)57-25-58-61)33-6-4-8-37(53)44(33)42-18-38-45(70-42)48(65)62(50(67)59-38)32-17-35(28-11-12-28)39(55-22-32)23-56-43(64)13-14-60-40-19-41(34-5-2-3-7-36(34)52)69-46(40)49(66)63(51(60)68)31-16-29(20-54-21-31)27-9-10-27/h2-8,15-22,24-25,27-28H,9-14,23H2,1H3,(H,56,64)(H,59,67). The lowest BCUT2D eigenvalue weighted by molar-refractivity contribution is -0.121. The molecule has 0 bridgehead atoms. The smallest absolute Gasteiger partial charge is 0.336 e. The highest BCUT2D eigenvalue weighted by atomic mass is 35.5. The topological polar surface area (TPSA) is 184 Å². The number of nitrogens with zero attached hydrogens (tertiary/aromatic N) is 8. The van der Waals surface area contributed by atoms with Crippen LogP contribution >= 0.6 is 45.9 Å². The molecule has 8 aromatic heterocycles. The van der Waals surface area contributed by atoms with Gasteiger partial charge in [0, 0.05) is 61.8 Å². The molecule has 2 aromatic carbocycles. The summed E-state index contributed by atoms with van der Waals surface area (Å²) in [6.45, 7) is 2.01. The summed E-state index contributed by atoms with van der Waals surface area (Å²) in [7, 11) is 0. The molecule has 10 aromatic rings. The van der Waals surface area contributed by atoms with Crippen molar-refractivity contribution >= 4 is 77.9 Å². The molecule has 2 saturated carbocycles. The van der Waals surface area contributed by atoms with Crippen LogP contribution in [0.2, 0.25) is 10.0 Å². The van der Waals surface area contributed by atoms with Gasteiger partial charge in [0.1, 0.15) is 15.7 Å². The largest absolute Gasteiger partial charge is 0.350 e. The van der Waals surface area contributed by atoms with E-state index in [2.05, 4.69) is 25.4 Å². The van der Waals surface area contributed by atoms with Crippen LogP contribution in [0.3, 0.4) is 0 Å². The number of hydrogen-bond acceptors (Lipinski definition) is 11. The quantitative estimate of drug-likeness (QED) is 0.121. The van der Waals surface area contributed by atoms with E-state index in [1.165, 1.54) is 46.0 Å². The van der Waals surface area contributed by atoms with Crippen LogP contribution < -0.4 is 27.8 Å². The van der Waals surface area contributed by atoms with Gasteiger partial charge in [-0.05, 0) is 109 Å². The van der Waals surface area contributed by atoms with Crippen LogP contribution in [-0.2, 0) is 17.9 Å². The van der Waals surface area contributed by atoms with Crippen LogP contribution in [-0.4, -0.2) is 49.2 Å². The third-order valence-corrected chi connectivity index (χ3v) is 15.9. The van der Waals surface area contributed by atoms with Crippen LogP contribution in [0.25, 0.3) is 69.5 Å². The van der Waals surface area contributed by atoms with E-state index in [0.29, 0.717) is 68.8 Å². The first-order valence-corrected chi connectivity index (χ1v) is 25.0. The zero-order valence-corrected chi connectivity index (χ0v) is 40.3. The van der Waals surface area contributed by atoms with Crippen molar-refractivity contribution in [1.29, 1.82) is 0 Å². The van der Waals surface area contributed by atoms with Gasteiger partial charge in [0.05, 0.1) is 47.0 Å². The number of rotatable bonds is 12. The fourth-order valence-electron chi connectivity index (χ4n) is 9.21. The highest BCUT2D eigenvalue weighted by Gasteiger charge is 2.29. The van der Waals surface area contributed by atoms with Crippen molar-refractivity contribution in [1.82, 2.24) is 48.6 Å². The molecule has 1 amide bonds. The molecule has 0 spiro atoms. The molecule has 0 unspecified atom stereocenters. The molecule has 15 nitrogen and oxygen atoms in total. The van der Waals surface area contributed by atoms with Crippen molar-refractivity contribution in [2.45, 2.75) is 64.0 Å². The fourth-order valence-corrected chi connectivity index (χ4v) is 12.1. The Kier molecular flexibility index (Phi) is 10.8. The minimum absolute atomic E-state index is 0.0213. The highest BCUT2D eigenvalue weighted by molar-refractivity contribution is 7.22. The summed E-state index contributed by atoms with van der Waals surface area (Å²) in [5.74, 6) is 0.144. The molecule has 8 heterocycles. The number of halogens is 2. The lowest BCUT2D eigenvalue weighted by Gasteiger charge is -2.14. The second-order valence-electron chi connectivity index (χ2n) is 17.7. The second-order valence-corrected chi connectivity index (χ2v) is 20.6. The van der Waals surface area contributed by atoms with E-state index in [9.17, 15) is 24.0 Å². The van der Waals surface area contributed by atoms with E-state index in [4.69, 9.17) is 28.2 Å². The van der Waals surface area contributed by atoms with Crippen LogP contribution in [0.5, 0.6) is 0 Å². The van der Waals surface area contributed by atoms with E-state index in [-0.39, 0.29) is 31.3 Å². The molecular formula is C51H38Cl2N10O5S2. The van der Waals surface area contributed by atoms with Gasteiger partial charge in [0.25, 0.3) is 11.1 Å². The molecular weight excluding hydrogens is 968 g/mol. The first-order chi connectivity index (χ1) is 34.0. The molecule has 0 saturated heterocycles. The third-order valence-electron chi connectivity index (χ3n) is 13.0. The molecule has 0 aliphatic heterocycles. The van der Waals surface area contributed by atoms with Crippen molar-refractivity contribution in [3.8, 4) is 43.4 Å². The highest BCUT2D eigenvalue weighted by Crippen LogP contribution is 2.44. The number of aromatic amines is 1. The van der Waals surface area contributed by atoms with Gasteiger partial charge in [-0.3, -0.25) is 28.9 Å². The molecule has 0 radical (unpaired) electrons. The number of hydrogen-bond donors (Lipinski definition) is 2. The SMILES string of the molecule is Cc1cc(-c2cccc(Cl)c2-c2cc3[nH]c(=O)n(-c4cnc(CNC(=O)CCn5c(=O)n(-c6cncc(C7CC7)c6)c(=O)c6sc(-c7ccccc7Cl)cc65)c(C5CC5)c4)c(=O)c3s2)cn2ncnc12. The minimum atomic E-state index is -0.620. The van der Waals surface area contributed by atoms with Crippen molar-refractivity contribution in [2.75, 3.05) is 0 Å². The summed E-state index contributed by atoms with van der Waals surface area (Å²) < 4.78 is 6.11. The molecule has 19 heteroatoms. The van der Waals surface area contributed by atoms with Gasteiger partial charge in [-0.1, -0.05) is 53.5 Å². The number of fused-ring (bicyclic) bond motifs is 3. The maximum Gasteiger partial charge on any atom is 0.336 e. The van der Waals surface area contributed by atoms with Crippen LogP contribution in [0.1, 0.15) is 66.3 Å². The lowest BCUT2D eigenvalue weighted by Crippen LogP contribution is -2.39. The summed E-state index contributed by atoms with van der Waals surface area (Å²) in [5.41, 5.74) is 6.50. The molecule has 2 aliphatic rings. The van der Waals surface area contributed by atoms with Crippen molar-refractivity contribution in [3.63, 3.8) is 0 Å². The van der Waals surface area contributed by atoms with Crippen LogP contribution in [0.4, 0.5) is 0 Å². The Labute approximate surface area is 414 Å². The van der Waals surface area contributed by atoms with E-state index >= 15 is 0 Å². The first kappa shape index (κ1) is 43.9. The lowest BCUT2D eigenvalue weighted by atomic mass is 9.99. The zero-order valence-electron chi connectivity index (χ0n) is 37.1. The summed E-state index contributed by atoms with van der Waals surface area (Å²) in [4.78, 5) is 88.0. The molecule has 70 heavy (non-hydrogen) atoms. The molecule has 2 fully saturated rings. The zero-order chi connectivity index (χ0) is 47.9. The van der Waals surface area contributed by atoms with E-state index in [0.717, 1.165) is 73.8 Å². The van der Waals surface area contributed by atoms with Gasteiger partial charge in [-0.2, -0.15) is 5.10 Å². The number of nitrogens with one attached hydrogen (secondary N) is 2. The number of thiophene rings is 2. The van der Waals surface area contributed by atoms with Crippen molar-refractivity contribution in [3.05, 3.63) is 178 Å². The Balaban J connectivity index is 0.825. The minimum Gasteiger partial charge on any atom is -0.350 e. The van der Waals surface area contributed by atoms with Gasteiger partial charge in [0.2, 0.25) is 5.91 Å². The molecule has 2 aliphatic carbocycles. The Morgan fingerprint density at radius 1 is 0.800 bits per heavy atom. The van der Waals surface area contributed by atoms with Gasteiger partial charge in [-0.25, -0.2) is 28.2 Å². The summed E-state index contributed by atoms with van der Waals surface area (Å²) >= 11 is 15.9. The molecule has 12 rings (SSSR count). The average molecular weight is 1010 g/mol. The van der Waals surface area contributed by atoms with E-state index in [1.54, 1.807) is 41.0 Å². The van der Waals surface area contributed by atoms with Crippen molar-refractivity contribution < 1.29 is 4.79 Å². The summed E-state index contributed by atoms with van der Waals surface area (Å²) in [6.07, 6.45) is 11.9.